The molecule has 0 bridgehead atoms. The summed E-state index contributed by atoms with van der Waals surface area (Å²) in [6.07, 6.45) is 2.74. The molecule has 0 unspecified atom stereocenters. The lowest BCUT2D eigenvalue weighted by molar-refractivity contribution is 0.785. The number of hydrogen-bond acceptors (Lipinski definition) is 0. The Labute approximate surface area is 74.6 Å². The van der Waals surface area contributed by atoms with Crippen LogP contribution in [-0.4, -0.2) is 0 Å². The van der Waals surface area contributed by atoms with Crippen molar-refractivity contribution in [3.63, 3.8) is 0 Å². The van der Waals surface area contributed by atoms with E-state index in [-0.39, 0.29) is 0 Å². The van der Waals surface area contributed by atoms with E-state index < -0.39 is 0 Å². The van der Waals surface area contributed by atoms with Crippen LogP contribution in [0.25, 0.3) is 0 Å². The first-order valence-electron chi connectivity index (χ1n) is 4.69. The van der Waals surface area contributed by atoms with Gasteiger partial charge in [0.05, 0.1) is 0 Å². The van der Waals surface area contributed by atoms with Gasteiger partial charge in [0.1, 0.15) is 0 Å². The predicted octanol–water partition coefficient (Wildman–Crippen LogP) is 3.35. The van der Waals surface area contributed by atoms with Crippen LogP contribution in [-0.2, 0) is 5.41 Å². The third-order valence-corrected chi connectivity index (χ3v) is 2.92. The Balaban J connectivity index is 2.44. The van der Waals surface area contributed by atoms with E-state index in [4.69, 9.17) is 0 Å². The summed E-state index contributed by atoms with van der Waals surface area (Å²) in [4.78, 5) is 0. The Morgan fingerprint density at radius 3 is 1.92 bits per heavy atom. The minimum absolute atomic E-state index is 0.525. The average molecular weight is 160 g/mol. The summed E-state index contributed by atoms with van der Waals surface area (Å²) in [6.45, 7) is 6.73. The largest absolute Gasteiger partial charge is 0.0564 e. The number of benzene rings is 1. The predicted molar refractivity (Wildman–Crippen MR) is 52.5 cm³/mol. The smallest absolute Gasteiger partial charge is 0.00744 e. The first kappa shape index (κ1) is 7.85. The molecule has 64 valence electrons. The maximum absolute atomic E-state index is 2.36. The van der Waals surface area contributed by atoms with Gasteiger partial charge in [0.25, 0.3) is 0 Å². The molecular formula is C12H16. The minimum atomic E-state index is 0.525. The monoisotopic (exact) mass is 160 g/mol. The molecular weight excluding hydrogens is 144 g/mol. The molecule has 1 aliphatic rings. The van der Waals surface area contributed by atoms with E-state index in [9.17, 15) is 0 Å². The number of hydrogen-bond donors (Lipinski definition) is 0. The lowest BCUT2D eigenvalue weighted by Gasteiger charge is -2.10. The summed E-state index contributed by atoms with van der Waals surface area (Å²) in [6, 6.07) is 6.91. The lowest BCUT2D eigenvalue weighted by atomic mass is 9.95. The molecule has 1 fully saturated rings. The third-order valence-electron chi connectivity index (χ3n) is 2.92. The molecule has 0 saturated heterocycles. The highest BCUT2D eigenvalue weighted by Gasteiger charge is 2.38. The zero-order valence-electron chi connectivity index (χ0n) is 8.15. The number of rotatable bonds is 1. The van der Waals surface area contributed by atoms with Crippen molar-refractivity contribution in [3.05, 3.63) is 34.9 Å². The van der Waals surface area contributed by atoms with Crippen LogP contribution in [0.2, 0.25) is 0 Å². The van der Waals surface area contributed by atoms with Gasteiger partial charge in [-0.1, -0.05) is 36.2 Å². The van der Waals surface area contributed by atoms with Crippen molar-refractivity contribution in [2.75, 3.05) is 0 Å². The zero-order chi connectivity index (χ0) is 8.77. The molecule has 0 spiro atoms. The molecule has 1 aromatic carbocycles. The van der Waals surface area contributed by atoms with Crippen LogP contribution in [0.15, 0.2) is 18.2 Å². The second kappa shape index (κ2) is 2.35. The topological polar surface area (TPSA) is 0 Å². The Hall–Kier alpha value is -0.780. The van der Waals surface area contributed by atoms with Gasteiger partial charge in [-0.05, 0) is 37.7 Å². The fourth-order valence-electron chi connectivity index (χ4n) is 1.80. The highest BCUT2D eigenvalue weighted by atomic mass is 14.4. The van der Waals surface area contributed by atoms with Crippen LogP contribution in [0.5, 0.6) is 0 Å². The average Bonchev–Trinajstić information content (AvgIpc) is 2.67. The molecule has 1 saturated carbocycles. The standard InChI is InChI=1S/C12H16/c1-9-6-10(2)8-11(7-9)12(3)4-5-12/h6-8H,4-5H2,1-3H3. The second-order valence-electron chi connectivity index (χ2n) is 4.44. The molecule has 0 N–H and O–H groups in total. The summed E-state index contributed by atoms with van der Waals surface area (Å²) < 4.78 is 0. The van der Waals surface area contributed by atoms with Crippen LogP contribution in [0.1, 0.15) is 36.5 Å². The molecule has 0 amide bonds. The SMILES string of the molecule is Cc1cc(C)cc(C2(C)CC2)c1. The minimum Gasteiger partial charge on any atom is -0.0564 e. The van der Waals surface area contributed by atoms with Gasteiger partial charge in [-0.25, -0.2) is 0 Å². The molecule has 0 atom stereocenters. The van der Waals surface area contributed by atoms with Gasteiger partial charge in [-0.3, -0.25) is 0 Å². The highest BCUT2D eigenvalue weighted by Crippen LogP contribution is 2.47. The normalized spacial score (nSPS) is 19.2. The Bertz CT molecular complexity index is 286. The zero-order valence-corrected chi connectivity index (χ0v) is 8.15. The summed E-state index contributed by atoms with van der Waals surface area (Å²) in [5.74, 6) is 0. The summed E-state index contributed by atoms with van der Waals surface area (Å²) in [5, 5.41) is 0. The third kappa shape index (κ3) is 1.26. The van der Waals surface area contributed by atoms with Crippen molar-refractivity contribution in [2.45, 2.75) is 39.0 Å². The first-order valence-corrected chi connectivity index (χ1v) is 4.69. The van der Waals surface area contributed by atoms with Crippen LogP contribution in [0.4, 0.5) is 0 Å². The van der Waals surface area contributed by atoms with E-state index >= 15 is 0 Å². The molecule has 1 aromatic rings. The molecule has 12 heavy (non-hydrogen) atoms. The van der Waals surface area contributed by atoms with Gasteiger partial charge >= 0.3 is 0 Å². The van der Waals surface area contributed by atoms with Crippen molar-refractivity contribution in [1.29, 1.82) is 0 Å². The van der Waals surface area contributed by atoms with Crippen LogP contribution < -0.4 is 0 Å². The fraction of sp³-hybridized carbons (Fsp3) is 0.500. The molecule has 0 heteroatoms. The van der Waals surface area contributed by atoms with Crippen molar-refractivity contribution < 1.29 is 0 Å². The molecule has 2 rings (SSSR count). The molecule has 1 aliphatic carbocycles. The van der Waals surface area contributed by atoms with E-state index in [1.54, 1.807) is 5.56 Å². The van der Waals surface area contributed by atoms with Gasteiger partial charge in [0, 0.05) is 0 Å². The van der Waals surface area contributed by atoms with E-state index in [0.29, 0.717) is 5.41 Å². The highest BCUT2D eigenvalue weighted by molar-refractivity contribution is 5.36. The summed E-state index contributed by atoms with van der Waals surface area (Å²) in [5.41, 5.74) is 4.87. The van der Waals surface area contributed by atoms with Gasteiger partial charge in [0.15, 0.2) is 0 Å². The van der Waals surface area contributed by atoms with Crippen LogP contribution in [0, 0.1) is 13.8 Å². The molecule has 0 aliphatic heterocycles. The van der Waals surface area contributed by atoms with Gasteiger partial charge in [-0.2, -0.15) is 0 Å². The maximum atomic E-state index is 2.36. The second-order valence-corrected chi connectivity index (χ2v) is 4.44. The van der Waals surface area contributed by atoms with E-state index in [0.717, 1.165) is 0 Å². The number of aryl methyl sites for hydroxylation is 2. The lowest BCUT2D eigenvalue weighted by Crippen LogP contribution is -2.00. The Morgan fingerprint density at radius 2 is 1.50 bits per heavy atom. The Morgan fingerprint density at radius 1 is 1.00 bits per heavy atom. The molecule has 0 heterocycles. The van der Waals surface area contributed by atoms with Crippen molar-refractivity contribution in [1.82, 2.24) is 0 Å². The Kier molecular flexibility index (Phi) is 1.54. The quantitative estimate of drug-likeness (QED) is 0.591. The summed E-state index contributed by atoms with van der Waals surface area (Å²) >= 11 is 0. The molecule has 0 nitrogen and oxygen atoms in total. The first-order chi connectivity index (χ1) is 5.60. The van der Waals surface area contributed by atoms with Gasteiger partial charge < -0.3 is 0 Å². The van der Waals surface area contributed by atoms with Gasteiger partial charge in [0.2, 0.25) is 0 Å². The maximum Gasteiger partial charge on any atom is -0.00744 e. The van der Waals surface area contributed by atoms with E-state index in [1.165, 1.54) is 24.0 Å². The van der Waals surface area contributed by atoms with E-state index in [2.05, 4.69) is 39.0 Å². The molecule has 0 aromatic heterocycles. The summed E-state index contributed by atoms with van der Waals surface area (Å²) in [7, 11) is 0. The van der Waals surface area contributed by atoms with Crippen molar-refractivity contribution >= 4 is 0 Å². The van der Waals surface area contributed by atoms with Gasteiger partial charge in [-0.15, -0.1) is 0 Å². The van der Waals surface area contributed by atoms with Crippen LogP contribution >= 0.6 is 0 Å². The van der Waals surface area contributed by atoms with Crippen LogP contribution in [0.3, 0.4) is 0 Å². The van der Waals surface area contributed by atoms with Crippen molar-refractivity contribution in [2.24, 2.45) is 0 Å². The fourth-order valence-corrected chi connectivity index (χ4v) is 1.80. The molecule has 0 radical (unpaired) electrons. The van der Waals surface area contributed by atoms with E-state index in [1.807, 2.05) is 0 Å². The van der Waals surface area contributed by atoms with Crippen molar-refractivity contribution in [3.8, 4) is 0 Å².